The van der Waals surface area contributed by atoms with Crippen molar-refractivity contribution in [3.8, 4) is 0 Å². The third kappa shape index (κ3) is 36.4. The number of rotatable bonds is 2. The van der Waals surface area contributed by atoms with Gasteiger partial charge in [0.2, 0.25) is 0 Å². The Morgan fingerprint density at radius 3 is 1.09 bits per heavy atom. The fraction of sp³-hybridized carbons (Fsp3) is 1.00. The molecule has 0 saturated carbocycles. The first-order chi connectivity index (χ1) is 4.54. The van der Waals surface area contributed by atoms with Gasteiger partial charge in [0.25, 0.3) is 0 Å². The first kappa shape index (κ1) is 17.7. The van der Waals surface area contributed by atoms with E-state index in [-0.39, 0.29) is 29.1 Å². The standard InChI is InChI=1S/2C2H6O2S.Ge/c2*1-2-5(3)4;/h2*2H2,1H3,(H,3,4);/p-2. The second-order valence-corrected chi connectivity index (χ2v) is 3.55. The molecule has 4 nitrogen and oxygen atoms in total. The third-order valence-electron chi connectivity index (χ3n) is 0.471. The van der Waals surface area contributed by atoms with Crippen LogP contribution in [-0.2, 0) is 22.2 Å². The Labute approximate surface area is 82.7 Å². The van der Waals surface area contributed by atoms with E-state index in [4.69, 9.17) is 0 Å². The summed E-state index contributed by atoms with van der Waals surface area (Å²) in [5.41, 5.74) is 0. The van der Waals surface area contributed by atoms with Gasteiger partial charge in [-0.05, 0) is 0 Å². The van der Waals surface area contributed by atoms with Gasteiger partial charge in [-0.2, -0.15) is 0 Å². The fourth-order valence-electron chi connectivity index (χ4n) is 0. The van der Waals surface area contributed by atoms with Crippen molar-refractivity contribution in [2.24, 2.45) is 0 Å². The Morgan fingerprint density at radius 2 is 1.09 bits per heavy atom. The molecule has 2 unspecified atom stereocenters. The predicted molar refractivity (Wildman–Crippen MR) is 44.7 cm³/mol. The molecule has 0 aliphatic rings. The molecule has 2 atom stereocenters. The second-order valence-electron chi connectivity index (χ2n) is 1.18. The first-order valence-corrected chi connectivity index (χ1v) is 5.15. The van der Waals surface area contributed by atoms with Crippen molar-refractivity contribution in [2.45, 2.75) is 13.8 Å². The minimum Gasteiger partial charge on any atom is -0.772 e. The molecule has 0 aromatic carbocycles. The van der Waals surface area contributed by atoms with E-state index in [2.05, 4.69) is 0 Å². The van der Waals surface area contributed by atoms with Crippen LogP contribution in [0.5, 0.6) is 0 Å². The van der Waals surface area contributed by atoms with Crippen molar-refractivity contribution in [3.63, 3.8) is 0 Å². The Kier molecular flexibility index (Phi) is 21.6. The van der Waals surface area contributed by atoms with Crippen LogP contribution in [0.25, 0.3) is 0 Å². The third-order valence-corrected chi connectivity index (χ3v) is 1.41. The Morgan fingerprint density at radius 1 is 1.00 bits per heavy atom. The summed E-state index contributed by atoms with van der Waals surface area (Å²) in [7, 11) is 0. The maximum Gasteiger partial charge on any atom is 0.00731 e. The molecule has 0 spiro atoms. The molecular weight excluding hydrogens is 249 g/mol. The molecule has 7 heteroatoms. The summed E-state index contributed by atoms with van der Waals surface area (Å²) < 4.78 is 37.5. The van der Waals surface area contributed by atoms with Crippen molar-refractivity contribution in [1.29, 1.82) is 0 Å². The van der Waals surface area contributed by atoms with Gasteiger partial charge >= 0.3 is 0 Å². The molecule has 68 valence electrons. The molecule has 0 aliphatic carbocycles. The van der Waals surface area contributed by atoms with Crippen LogP contribution in [0.1, 0.15) is 13.8 Å². The molecular formula is C4H10GeO4S2-2. The van der Waals surface area contributed by atoms with Crippen LogP contribution in [-0.4, -0.2) is 46.6 Å². The molecule has 0 fully saturated rings. The van der Waals surface area contributed by atoms with E-state index in [9.17, 15) is 17.5 Å². The minimum atomic E-state index is -1.82. The molecule has 11 heavy (non-hydrogen) atoms. The average molecular weight is 259 g/mol. The average Bonchev–Trinajstić information content (AvgIpc) is 1.89. The first-order valence-electron chi connectivity index (χ1n) is 2.66. The van der Waals surface area contributed by atoms with Crippen LogP contribution in [0.3, 0.4) is 0 Å². The van der Waals surface area contributed by atoms with Crippen LogP contribution in [0.15, 0.2) is 0 Å². The van der Waals surface area contributed by atoms with Crippen LogP contribution >= 0.6 is 0 Å². The van der Waals surface area contributed by atoms with Crippen LogP contribution < -0.4 is 0 Å². The summed E-state index contributed by atoms with van der Waals surface area (Å²) in [6.07, 6.45) is 0. The Balaban J connectivity index is -0.000000107. The van der Waals surface area contributed by atoms with Gasteiger partial charge in [-0.1, -0.05) is 36.0 Å². The van der Waals surface area contributed by atoms with Crippen molar-refractivity contribution in [2.75, 3.05) is 11.5 Å². The molecule has 0 amide bonds. The largest absolute Gasteiger partial charge is 0.772 e. The van der Waals surface area contributed by atoms with Gasteiger partial charge in [-0.3, -0.25) is 8.42 Å². The van der Waals surface area contributed by atoms with Gasteiger partial charge < -0.3 is 9.11 Å². The molecule has 0 aromatic heterocycles. The zero-order valence-electron chi connectivity index (χ0n) is 6.36. The molecule has 0 aromatic rings. The zero-order chi connectivity index (χ0) is 8.57. The summed E-state index contributed by atoms with van der Waals surface area (Å²) in [5, 5.41) is 0. The molecule has 0 saturated heterocycles. The number of hydrogen-bond acceptors (Lipinski definition) is 4. The van der Waals surface area contributed by atoms with Gasteiger partial charge in [0.15, 0.2) is 0 Å². The van der Waals surface area contributed by atoms with E-state index in [1.54, 1.807) is 13.8 Å². The van der Waals surface area contributed by atoms with Gasteiger partial charge in [0.05, 0.1) is 0 Å². The van der Waals surface area contributed by atoms with Crippen LogP contribution in [0.4, 0.5) is 0 Å². The number of hydrogen-bond donors (Lipinski definition) is 0. The second kappa shape index (κ2) is 13.4. The monoisotopic (exact) mass is 260 g/mol. The fourth-order valence-corrected chi connectivity index (χ4v) is 0. The van der Waals surface area contributed by atoms with Crippen LogP contribution in [0, 0.1) is 0 Å². The Bertz CT molecular complexity index is 105. The minimum absolute atomic E-state index is 0. The predicted octanol–water partition coefficient (Wildman–Crippen LogP) is -0.610. The van der Waals surface area contributed by atoms with Crippen molar-refractivity contribution in [3.05, 3.63) is 0 Å². The summed E-state index contributed by atoms with van der Waals surface area (Å²) >= 11 is -3.65. The summed E-state index contributed by atoms with van der Waals surface area (Å²) in [4.78, 5) is 0. The van der Waals surface area contributed by atoms with E-state index >= 15 is 0 Å². The maximum absolute atomic E-state index is 9.37. The van der Waals surface area contributed by atoms with Gasteiger partial charge in [-0.25, -0.2) is 0 Å². The molecule has 0 rings (SSSR count). The van der Waals surface area contributed by atoms with Crippen molar-refractivity contribution < 1.29 is 17.5 Å². The summed E-state index contributed by atoms with van der Waals surface area (Å²) in [6, 6.07) is 0. The molecule has 0 N–H and O–H groups in total. The molecule has 0 bridgehead atoms. The summed E-state index contributed by atoms with van der Waals surface area (Å²) in [5.74, 6) is 0.444. The summed E-state index contributed by atoms with van der Waals surface area (Å²) in [6.45, 7) is 3.17. The maximum atomic E-state index is 9.37. The quantitative estimate of drug-likeness (QED) is 0.489. The van der Waals surface area contributed by atoms with Gasteiger partial charge in [0.1, 0.15) is 0 Å². The van der Waals surface area contributed by atoms with Crippen LogP contribution in [0.2, 0.25) is 0 Å². The van der Waals surface area contributed by atoms with Gasteiger partial charge in [0, 0.05) is 29.1 Å². The normalized spacial score (nSPS) is 13.5. The Hall–Kier alpha value is 0.763. The smallest absolute Gasteiger partial charge is 0.00731 e. The van der Waals surface area contributed by atoms with E-state index in [1.165, 1.54) is 0 Å². The van der Waals surface area contributed by atoms with Crippen molar-refractivity contribution >= 4 is 39.8 Å². The molecule has 0 aliphatic heterocycles. The van der Waals surface area contributed by atoms with Gasteiger partial charge in [-0.15, -0.1) is 0 Å². The molecule has 0 heterocycles. The topological polar surface area (TPSA) is 80.3 Å². The van der Waals surface area contributed by atoms with E-state index in [0.29, 0.717) is 0 Å². The zero-order valence-corrected chi connectivity index (χ0v) is 10.1. The SMILES string of the molecule is CCS(=O)[O-].CCS(=O)[O-].[Ge]. The van der Waals surface area contributed by atoms with E-state index < -0.39 is 22.2 Å². The van der Waals surface area contributed by atoms with E-state index in [0.717, 1.165) is 0 Å². The van der Waals surface area contributed by atoms with Crippen molar-refractivity contribution in [1.82, 2.24) is 0 Å². The van der Waals surface area contributed by atoms with E-state index in [1.807, 2.05) is 0 Å². The molecule has 4 radical (unpaired) electrons.